The third-order valence-electron chi connectivity index (χ3n) is 2.73. The Labute approximate surface area is 131 Å². The van der Waals surface area contributed by atoms with Gasteiger partial charge in [0.25, 0.3) is 5.91 Å². The number of nitrogens with zero attached hydrogens (tertiary/aromatic N) is 1. The number of halogens is 1. The van der Waals surface area contributed by atoms with E-state index in [2.05, 4.69) is 10.5 Å². The van der Waals surface area contributed by atoms with Crippen LogP contribution < -0.4 is 15.3 Å². The van der Waals surface area contributed by atoms with Crippen molar-refractivity contribution in [2.24, 2.45) is 5.10 Å². The lowest BCUT2D eigenvalue weighted by Gasteiger charge is -2.06. The number of aliphatic carboxylic acids is 1. The Bertz CT molecular complexity index is 729. The fraction of sp³-hybridized carbons (Fsp3) is 0.0625. The first-order chi connectivity index (χ1) is 11.1. The molecule has 0 aliphatic carbocycles. The molecule has 0 bridgehead atoms. The molecule has 1 amide bonds. The van der Waals surface area contributed by atoms with Crippen molar-refractivity contribution in [3.8, 4) is 5.75 Å². The minimum absolute atomic E-state index is 0.101. The van der Waals surface area contributed by atoms with Gasteiger partial charge in [-0.05, 0) is 42.0 Å². The minimum atomic E-state index is -1.31. The van der Waals surface area contributed by atoms with Gasteiger partial charge in [-0.15, -0.1) is 0 Å². The van der Waals surface area contributed by atoms with Crippen LogP contribution in [0.25, 0.3) is 0 Å². The number of carbonyl (C=O) groups is 2. The zero-order chi connectivity index (χ0) is 16.7. The molecule has 2 aromatic rings. The van der Waals surface area contributed by atoms with Crippen molar-refractivity contribution >= 4 is 18.1 Å². The van der Waals surface area contributed by atoms with E-state index in [0.29, 0.717) is 11.3 Å². The highest BCUT2D eigenvalue weighted by Crippen LogP contribution is 2.11. The Hall–Kier alpha value is -3.22. The van der Waals surface area contributed by atoms with E-state index < -0.39 is 24.3 Å². The highest BCUT2D eigenvalue weighted by Gasteiger charge is 2.08. The number of hydrogen-bond acceptors (Lipinski definition) is 5. The first kappa shape index (κ1) is 16.2. The van der Waals surface area contributed by atoms with Crippen molar-refractivity contribution < 1.29 is 23.8 Å². The fourth-order valence-corrected chi connectivity index (χ4v) is 1.66. The highest BCUT2D eigenvalue weighted by molar-refractivity contribution is 5.95. The number of amides is 1. The Kier molecular flexibility index (Phi) is 5.40. The lowest BCUT2D eigenvalue weighted by atomic mass is 10.2. The number of ether oxygens (including phenoxy) is 1. The van der Waals surface area contributed by atoms with Gasteiger partial charge in [-0.3, -0.25) is 4.79 Å². The van der Waals surface area contributed by atoms with E-state index >= 15 is 0 Å². The molecular weight excluding hydrogens is 303 g/mol. The summed E-state index contributed by atoms with van der Waals surface area (Å²) in [6, 6.07) is 11.9. The molecule has 6 nitrogen and oxygen atoms in total. The number of carboxylic acids is 1. The minimum Gasteiger partial charge on any atom is -0.546 e. The maximum absolute atomic E-state index is 13.4. The van der Waals surface area contributed by atoms with Gasteiger partial charge in [0.1, 0.15) is 18.2 Å². The largest absolute Gasteiger partial charge is 0.546 e. The molecule has 0 spiro atoms. The molecular formula is C16H12FN2O4-. The van der Waals surface area contributed by atoms with E-state index in [4.69, 9.17) is 4.74 Å². The summed E-state index contributed by atoms with van der Waals surface area (Å²) in [6.45, 7) is -0.536. The van der Waals surface area contributed by atoms with Crippen molar-refractivity contribution in [3.63, 3.8) is 0 Å². The predicted octanol–water partition coefficient (Wildman–Crippen LogP) is 0.718. The molecule has 0 aliphatic heterocycles. The predicted molar refractivity (Wildman–Crippen MR) is 78.4 cm³/mol. The standard InChI is InChI=1S/C16H13FN2O4/c17-14-4-2-1-3-13(14)16(22)19-18-9-11-5-7-12(8-6-11)23-10-15(20)21/h1-9H,10H2,(H,19,22)(H,20,21)/p-1/b18-9-. The topological polar surface area (TPSA) is 90.8 Å². The number of hydrogen-bond donors (Lipinski definition) is 1. The van der Waals surface area contributed by atoms with Gasteiger partial charge in [-0.25, -0.2) is 9.82 Å². The molecule has 2 aromatic carbocycles. The van der Waals surface area contributed by atoms with E-state index in [9.17, 15) is 19.1 Å². The zero-order valence-electron chi connectivity index (χ0n) is 11.9. The molecule has 2 rings (SSSR count). The van der Waals surface area contributed by atoms with Crippen LogP contribution in [0.4, 0.5) is 4.39 Å². The lowest BCUT2D eigenvalue weighted by molar-refractivity contribution is -0.307. The van der Waals surface area contributed by atoms with Crippen LogP contribution in [0.15, 0.2) is 53.6 Å². The van der Waals surface area contributed by atoms with Crippen LogP contribution in [-0.2, 0) is 4.79 Å². The van der Waals surface area contributed by atoms with Crippen molar-refractivity contribution in [1.29, 1.82) is 0 Å². The summed E-state index contributed by atoms with van der Waals surface area (Å²) in [5, 5.41) is 14.0. The Morgan fingerprint density at radius 2 is 1.87 bits per heavy atom. The van der Waals surface area contributed by atoms with Crippen LogP contribution in [0.1, 0.15) is 15.9 Å². The fourth-order valence-electron chi connectivity index (χ4n) is 1.66. The molecule has 0 fully saturated rings. The normalized spacial score (nSPS) is 10.5. The Balaban J connectivity index is 1.92. The van der Waals surface area contributed by atoms with E-state index in [1.165, 1.54) is 24.4 Å². The van der Waals surface area contributed by atoms with Gasteiger partial charge in [0.15, 0.2) is 0 Å². The first-order valence-corrected chi connectivity index (χ1v) is 6.57. The molecule has 0 heterocycles. The Morgan fingerprint density at radius 1 is 1.17 bits per heavy atom. The van der Waals surface area contributed by atoms with Gasteiger partial charge < -0.3 is 14.6 Å². The maximum Gasteiger partial charge on any atom is 0.274 e. The molecule has 118 valence electrons. The van der Waals surface area contributed by atoms with Crippen LogP contribution in [0.3, 0.4) is 0 Å². The van der Waals surface area contributed by atoms with Crippen molar-refractivity contribution in [3.05, 3.63) is 65.5 Å². The summed E-state index contributed by atoms with van der Waals surface area (Å²) in [5.74, 6) is -2.24. The average molecular weight is 315 g/mol. The number of hydrazone groups is 1. The maximum atomic E-state index is 13.4. The molecule has 0 saturated heterocycles. The van der Waals surface area contributed by atoms with Crippen LogP contribution in [0.5, 0.6) is 5.75 Å². The quantitative estimate of drug-likeness (QED) is 0.628. The van der Waals surface area contributed by atoms with Gasteiger partial charge in [0.2, 0.25) is 0 Å². The van der Waals surface area contributed by atoms with E-state index in [1.54, 1.807) is 30.3 Å². The summed E-state index contributed by atoms with van der Waals surface area (Å²) >= 11 is 0. The number of benzene rings is 2. The summed E-state index contributed by atoms with van der Waals surface area (Å²) in [6.07, 6.45) is 1.36. The van der Waals surface area contributed by atoms with E-state index in [-0.39, 0.29) is 5.56 Å². The third kappa shape index (κ3) is 4.92. The second-order valence-corrected chi connectivity index (χ2v) is 4.41. The first-order valence-electron chi connectivity index (χ1n) is 6.57. The molecule has 23 heavy (non-hydrogen) atoms. The number of carboxylic acid groups (broad SMARTS) is 1. The van der Waals surface area contributed by atoms with Crippen LogP contribution in [0, 0.1) is 5.82 Å². The van der Waals surface area contributed by atoms with Crippen molar-refractivity contribution in [2.45, 2.75) is 0 Å². The van der Waals surface area contributed by atoms with Crippen LogP contribution in [0.2, 0.25) is 0 Å². The molecule has 0 atom stereocenters. The van der Waals surface area contributed by atoms with Crippen molar-refractivity contribution in [2.75, 3.05) is 6.61 Å². The van der Waals surface area contributed by atoms with E-state index in [0.717, 1.165) is 0 Å². The second kappa shape index (κ2) is 7.69. The number of nitrogens with one attached hydrogen (secondary N) is 1. The second-order valence-electron chi connectivity index (χ2n) is 4.41. The van der Waals surface area contributed by atoms with Crippen molar-refractivity contribution in [1.82, 2.24) is 5.43 Å². The summed E-state index contributed by atoms with van der Waals surface area (Å²) in [5.41, 5.74) is 2.75. The molecule has 0 aromatic heterocycles. The highest BCUT2D eigenvalue weighted by atomic mass is 19.1. The number of carbonyl (C=O) groups excluding carboxylic acids is 2. The Morgan fingerprint density at radius 3 is 2.52 bits per heavy atom. The smallest absolute Gasteiger partial charge is 0.274 e. The van der Waals surface area contributed by atoms with Gasteiger partial charge >= 0.3 is 0 Å². The van der Waals surface area contributed by atoms with Gasteiger partial charge in [-0.1, -0.05) is 12.1 Å². The van der Waals surface area contributed by atoms with Gasteiger partial charge in [0, 0.05) is 0 Å². The van der Waals surface area contributed by atoms with Crippen LogP contribution >= 0.6 is 0 Å². The SMILES string of the molecule is O=C([O-])COc1ccc(/C=N\NC(=O)c2ccccc2F)cc1. The molecule has 7 heteroatoms. The lowest BCUT2D eigenvalue weighted by Crippen LogP contribution is -2.28. The molecule has 1 N–H and O–H groups in total. The summed E-state index contributed by atoms with van der Waals surface area (Å²) in [4.78, 5) is 22.0. The molecule has 0 aliphatic rings. The monoisotopic (exact) mass is 315 g/mol. The molecule has 0 unspecified atom stereocenters. The zero-order valence-corrected chi connectivity index (χ0v) is 11.9. The molecule has 0 radical (unpaired) electrons. The van der Waals surface area contributed by atoms with Crippen LogP contribution in [-0.4, -0.2) is 24.7 Å². The summed E-state index contributed by atoms with van der Waals surface area (Å²) < 4.78 is 18.3. The molecule has 0 saturated carbocycles. The average Bonchev–Trinajstić information content (AvgIpc) is 2.54. The van der Waals surface area contributed by atoms with Gasteiger partial charge in [-0.2, -0.15) is 5.10 Å². The third-order valence-corrected chi connectivity index (χ3v) is 2.73. The van der Waals surface area contributed by atoms with E-state index in [1.807, 2.05) is 0 Å². The summed E-state index contributed by atoms with van der Waals surface area (Å²) in [7, 11) is 0. The number of rotatable bonds is 6. The van der Waals surface area contributed by atoms with Gasteiger partial charge in [0.05, 0.1) is 17.7 Å².